The van der Waals surface area contributed by atoms with Gasteiger partial charge in [-0.2, -0.15) is 0 Å². The van der Waals surface area contributed by atoms with Crippen LogP contribution in [-0.2, 0) is 20.7 Å². The van der Waals surface area contributed by atoms with Gasteiger partial charge in [-0.25, -0.2) is 4.98 Å². The average Bonchev–Trinajstić information content (AvgIpc) is 3.18. The number of aryl methyl sites for hydroxylation is 1. The molecule has 0 atom stereocenters. The molecule has 2 aromatic carbocycles. The predicted molar refractivity (Wildman–Crippen MR) is 113 cm³/mol. The highest BCUT2D eigenvalue weighted by atomic mass is 32.1. The molecule has 0 bridgehead atoms. The zero-order valence-corrected chi connectivity index (χ0v) is 17.3. The highest BCUT2D eigenvalue weighted by Crippen LogP contribution is 2.26. The molecule has 0 saturated carbocycles. The lowest BCUT2D eigenvalue weighted by atomic mass is 10.1. The van der Waals surface area contributed by atoms with E-state index in [1.54, 1.807) is 7.11 Å². The van der Waals surface area contributed by atoms with Crippen LogP contribution >= 0.6 is 11.3 Å². The number of hydrogen-bond donors (Lipinski definition) is 1. The molecule has 1 amide bonds. The van der Waals surface area contributed by atoms with Gasteiger partial charge in [0.1, 0.15) is 10.8 Å². The van der Waals surface area contributed by atoms with Crippen molar-refractivity contribution in [3.05, 3.63) is 64.7 Å². The molecule has 7 heteroatoms. The normalized spacial score (nSPS) is 10.4. The fourth-order valence-corrected chi connectivity index (χ4v) is 3.50. The number of benzene rings is 2. The monoisotopic (exact) mass is 410 g/mol. The van der Waals surface area contributed by atoms with Crippen LogP contribution in [0.15, 0.2) is 47.8 Å². The van der Waals surface area contributed by atoms with Crippen LogP contribution in [0.5, 0.6) is 5.75 Å². The van der Waals surface area contributed by atoms with Gasteiger partial charge in [-0.1, -0.05) is 12.1 Å². The summed E-state index contributed by atoms with van der Waals surface area (Å²) in [7, 11) is 1.62. The summed E-state index contributed by atoms with van der Waals surface area (Å²) < 4.78 is 10.2. The number of rotatable bonds is 7. The number of hydrogen-bond acceptors (Lipinski definition) is 6. The molecule has 0 spiro atoms. The first-order chi connectivity index (χ1) is 14.0. The third kappa shape index (κ3) is 5.42. The van der Waals surface area contributed by atoms with E-state index in [2.05, 4.69) is 10.3 Å². The Morgan fingerprint density at radius 3 is 2.59 bits per heavy atom. The molecular weight excluding hydrogens is 388 g/mol. The van der Waals surface area contributed by atoms with Gasteiger partial charge >= 0.3 is 5.97 Å². The van der Waals surface area contributed by atoms with E-state index < -0.39 is 5.97 Å². The number of carbonyl (C=O) groups excluding carboxylic acids is 2. The zero-order valence-electron chi connectivity index (χ0n) is 16.5. The lowest BCUT2D eigenvalue weighted by Gasteiger charge is -2.10. The van der Waals surface area contributed by atoms with E-state index in [0.29, 0.717) is 5.69 Å². The number of ether oxygens (including phenoxy) is 2. The summed E-state index contributed by atoms with van der Waals surface area (Å²) in [6.45, 7) is 3.57. The van der Waals surface area contributed by atoms with Crippen molar-refractivity contribution < 1.29 is 19.1 Å². The zero-order chi connectivity index (χ0) is 20.8. The SMILES string of the molecule is COc1ccc(-c2nc(CC(=O)OCC(=O)Nc3cccc(C)c3C)cs2)cc1. The largest absolute Gasteiger partial charge is 0.497 e. The van der Waals surface area contributed by atoms with Crippen LogP contribution in [0.4, 0.5) is 5.69 Å². The third-order valence-electron chi connectivity index (χ3n) is 4.46. The minimum atomic E-state index is -0.493. The van der Waals surface area contributed by atoms with Crippen molar-refractivity contribution in [1.29, 1.82) is 0 Å². The van der Waals surface area contributed by atoms with E-state index in [9.17, 15) is 9.59 Å². The molecule has 150 valence electrons. The minimum Gasteiger partial charge on any atom is -0.497 e. The number of methoxy groups -OCH3 is 1. The van der Waals surface area contributed by atoms with E-state index in [0.717, 1.165) is 33.1 Å². The molecule has 29 heavy (non-hydrogen) atoms. The Labute approximate surface area is 173 Å². The number of carbonyl (C=O) groups is 2. The summed E-state index contributed by atoms with van der Waals surface area (Å²) >= 11 is 1.45. The van der Waals surface area contributed by atoms with Crippen molar-refractivity contribution >= 4 is 28.9 Å². The van der Waals surface area contributed by atoms with Gasteiger partial charge in [0.2, 0.25) is 0 Å². The summed E-state index contributed by atoms with van der Waals surface area (Å²) in [5.41, 5.74) is 4.34. The molecule has 1 N–H and O–H groups in total. The molecule has 3 rings (SSSR count). The second-order valence-electron chi connectivity index (χ2n) is 6.51. The van der Waals surface area contributed by atoms with Gasteiger partial charge in [0.25, 0.3) is 5.91 Å². The van der Waals surface area contributed by atoms with Gasteiger partial charge in [0.15, 0.2) is 6.61 Å². The fraction of sp³-hybridized carbons (Fsp3) is 0.227. The smallest absolute Gasteiger partial charge is 0.312 e. The molecule has 0 aliphatic rings. The van der Waals surface area contributed by atoms with Crippen LogP contribution in [0.1, 0.15) is 16.8 Å². The van der Waals surface area contributed by atoms with E-state index >= 15 is 0 Å². The Morgan fingerprint density at radius 2 is 1.86 bits per heavy atom. The maximum Gasteiger partial charge on any atom is 0.312 e. The Hall–Kier alpha value is -3.19. The van der Waals surface area contributed by atoms with Crippen molar-refractivity contribution in [2.45, 2.75) is 20.3 Å². The van der Waals surface area contributed by atoms with Gasteiger partial charge in [-0.15, -0.1) is 11.3 Å². The third-order valence-corrected chi connectivity index (χ3v) is 5.40. The Bertz CT molecular complexity index is 1010. The number of anilines is 1. The summed E-state index contributed by atoms with van der Waals surface area (Å²) in [4.78, 5) is 28.6. The maximum absolute atomic E-state index is 12.1. The second-order valence-corrected chi connectivity index (χ2v) is 7.36. The molecule has 0 radical (unpaired) electrons. The first-order valence-corrected chi connectivity index (χ1v) is 9.94. The van der Waals surface area contributed by atoms with Gasteiger partial charge < -0.3 is 14.8 Å². The van der Waals surface area contributed by atoms with Crippen molar-refractivity contribution in [1.82, 2.24) is 4.98 Å². The average molecular weight is 410 g/mol. The van der Waals surface area contributed by atoms with Crippen LogP contribution in [0.3, 0.4) is 0 Å². The summed E-state index contributed by atoms with van der Waals surface area (Å²) in [6, 6.07) is 13.2. The molecule has 0 saturated heterocycles. The molecule has 1 aromatic heterocycles. The fourth-order valence-electron chi connectivity index (χ4n) is 2.67. The van der Waals surface area contributed by atoms with Gasteiger partial charge in [-0.05, 0) is 55.3 Å². The number of esters is 1. The van der Waals surface area contributed by atoms with E-state index in [4.69, 9.17) is 9.47 Å². The second kappa shape index (κ2) is 9.34. The standard InChI is InChI=1S/C22H22N2O4S/c1-14-5-4-6-19(15(14)2)24-20(25)12-28-21(26)11-17-13-29-22(23-17)16-7-9-18(27-3)10-8-16/h4-10,13H,11-12H2,1-3H3,(H,24,25). The first-order valence-electron chi connectivity index (χ1n) is 9.07. The van der Waals surface area contributed by atoms with Gasteiger partial charge in [0.05, 0.1) is 19.2 Å². The number of nitrogens with one attached hydrogen (secondary N) is 1. The minimum absolute atomic E-state index is 0.0173. The lowest BCUT2D eigenvalue weighted by Crippen LogP contribution is -2.22. The van der Waals surface area contributed by atoms with Crippen molar-refractivity contribution in [2.75, 3.05) is 19.0 Å². The quantitative estimate of drug-likeness (QED) is 0.592. The summed E-state index contributed by atoms with van der Waals surface area (Å²) in [6.07, 6.45) is 0.0173. The van der Waals surface area contributed by atoms with Crippen LogP contribution < -0.4 is 10.1 Å². The van der Waals surface area contributed by atoms with Crippen molar-refractivity contribution in [3.8, 4) is 16.3 Å². The van der Waals surface area contributed by atoms with Gasteiger partial charge in [-0.3, -0.25) is 9.59 Å². The van der Waals surface area contributed by atoms with E-state index in [1.165, 1.54) is 11.3 Å². The molecular formula is C22H22N2O4S. The number of amides is 1. The molecule has 0 aliphatic heterocycles. The van der Waals surface area contributed by atoms with Crippen molar-refractivity contribution in [3.63, 3.8) is 0 Å². The first kappa shape index (κ1) is 20.5. The van der Waals surface area contributed by atoms with E-state index in [-0.39, 0.29) is 18.9 Å². The molecule has 0 fully saturated rings. The molecule has 0 aliphatic carbocycles. The molecule has 1 heterocycles. The Morgan fingerprint density at radius 1 is 1.10 bits per heavy atom. The number of aromatic nitrogens is 1. The molecule has 3 aromatic rings. The van der Waals surface area contributed by atoms with Crippen LogP contribution in [0, 0.1) is 13.8 Å². The van der Waals surface area contributed by atoms with E-state index in [1.807, 2.05) is 61.7 Å². The molecule has 0 unspecified atom stereocenters. The highest BCUT2D eigenvalue weighted by Gasteiger charge is 2.13. The van der Waals surface area contributed by atoms with Crippen LogP contribution in [0.2, 0.25) is 0 Å². The van der Waals surface area contributed by atoms with Crippen molar-refractivity contribution in [2.24, 2.45) is 0 Å². The Balaban J connectivity index is 1.51. The van der Waals surface area contributed by atoms with Gasteiger partial charge in [0, 0.05) is 16.6 Å². The Kier molecular flexibility index (Phi) is 6.61. The number of nitrogens with zero attached hydrogens (tertiary/aromatic N) is 1. The number of thiazole rings is 1. The highest BCUT2D eigenvalue weighted by molar-refractivity contribution is 7.13. The van der Waals surface area contributed by atoms with Crippen LogP contribution in [0.25, 0.3) is 10.6 Å². The lowest BCUT2D eigenvalue weighted by molar-refractivity contribution is -0.146. The summed E-state index contributed by atoms with van der Waals surface area (Å²) in [5.74, 6) is -0.0924. The van der Waals surface area contributed by atoms with Crippen LogP contribution in [-0.4, -0.2) is 30.6 Å². The predicted octanol–water partition coefficient (Wildman–Crippen LogP) is 4.16. The summed E-state index contributed by atoms with van der Waals surface area (Å²) in [5, 5.41) is 5.39. The molecule has 6 nitrogen and oxygen atoms in total. The topological polar surface area (TPSA) is 77.5 Å². The maximum atomic E-state index is 12.1.